The van der Waals surface area contributed by atoms with Crippen molar-refractivity contribution in [2.24, 2.45) is 0 Å². The number of pyridine rings is 1. The Bertz CT molecular complexity index is 275. The molecule has 0 bridgehead atoms. The molecule has 0 amide bonds. The Labute approximate surface area is 68.1 Å². The number of anilines is 1. The smallest absolute Gasteiger partial charge is 0.129 e. The lowest BCUT2D eigenvalue weighted by molar-refractivity contribution is 0.681. The zero-order valence-corrected chi connectivity index (χ0v) is 7.10. The third-order valence-electron chi connectivity index (χ3n) is 1.25. The fourth-order valence-corrected chi connectivity index (χ4v) is 1.44. The molecule has 0 fully saturated rings. The summed E-state index contributed by atoms with van der Waals surface area (Å²) in [7, 11) is -0.992. The minimum absolute atomic E-state index is 0.563. The van der Waals surface area contributed by atoms with E-state index in [1.165, 1.54) is 0 Å². The summed E-state index contributed by atoms with van der Waals surface area (Å²) < 4.78 is 11.2. The number of nitrogen functional groups attached to an aromatic ring is 1. The molecular weight excluding hydrogens is 160 g/mol. The summed E-state index contributed by atoms with van der Waals surface area (Å²) in [5, 5.41) is 0.563. The summed E-state index contributed by atoms with van der Waals surface area (Å²) in [4.78, 5) is 3.93. The van der Waals surface area contributed by atoms with Crippen LogP contribution >= 0.6 is 0 Å². The highest BCUT2D eigenvalue weighted by Gasteiger charge is 2.00. The number of aromatic nitrogens is 1. The van der Waals surface area contributed by atoms with E-state index in [1.807, 2.05) is 6.92 Å². The van der Waals surface area contributed by atoms with Crippen LogP contribution in [0.1, 0.15) is 6.92 Å². The van der Waals surface area contributed by atoms with Crippen LogP contribution in [-0.2, 0) is 10.8 Å². The summed E-state index contributed by atoms with van der Waals surface area (Å²) in [5.41, 5.74) is 6.08. The van der Waals surface area contributed by atoms with E-state index in [0.29, 0.717) is 16.5 Å². The Morgan fingerprint density at radius 1 is 1.73 bits per heavy atom. The summed E-state index contributed by atoms with van der Waals surface area (Å²) in [6, 6.07) is 3.32. The van der Waals surface area contributed by atoms with Crippen molar-refractivity contribution in [3.8, 4) is 0 Å². The molecule has 0 spiro atoms. The summed E-state index contributed by atoms with van der Waals surface area (Å²) in [6.45, 7) is 1.85. The van der Waals surface area contributed by atoms with Crippen molar-refractivity contribution in [1.82, 2.24) is 4.98 Å². The summed E-state index contributed by atoms with van der Waals surface area (Å²) in [6.07, 6.45) is 1.57. The molecular formula is C7H10N2OS. The molecule has 1 atom stereocenters. The van der Waals surface area contributed by atoms with Crippen molar-refractivity contribution in [1.29, 1.82) is 0 Å². The van der Waals surface area contributed by atoms with E-state index in [-0.39, 0.29) is 0 Å². The molecule has 4 heteroatoms. The van der Waals surface area contributed by atoms with Gasteiger partial charge in [-0.1, -0.05) is 6.92 Å². The zero-order chi connectivity index (χ0) is 8.27. The Hall–Kier alpha value is -0.900. The molecule has 0 aliphatic carbocycles. The van der Waals surface area contributed by atoms with Crippen LogP contribution in [0.4, 0.5) is 5.69 Å². The van der Waals surface area contributed by atoms with Gasteiger partial charge >= 0.3 is 0 Å². The van der Waals surface area contributed by atoms with E-state index in [2.05, 4.69) is 4.98 Å². The van der Waals surface area contributed by atoms with E-state index in [1.54, 1.807) is 18.3 Å². The standard InChI is InChI=1S/C7H10N2OS/c1-2-11(10)7-5-6(8)3-4-9-7/h3-5H,2H2,1H3,(H2,8,9)/t11-/m1/s1. The Kier molecular flexibility index (Phi) is 2.59. The molecule has 1 rings (SSSR count). The summed E-state index contributed by atoms with van der Waals surface area (Å²) >= 11 is 0. The average Bonchev–Trinajstić information content (AvgIpc) is 2.03. The highest BCUT2D eigenvalue weighted by atomic mass is 32.2. The lowest BCUT2D eigenvalue weighted by Gasteiger charge is -1.97. The van der Waals surface area contributed by atoms with E-state index in [0.717, 1.165) is 0 Å². The molecule has 0 unspecified atom stereocenters. The molecule has 0 aromatic carbocycles. The maximum atomic E-state index is 11.2. The largest absolute Gasteiger partial charge is 0.399 e. The molecule has 0 saturated heterocycles. The third kappa shape index (κ3) is 2.01. The minimum atomic E-state index is -0.992. The molecule has 3 nitrogen and oxygen atoms in total. The first kappa shape index (κ1) is 8.20. The van der Waals surface area contributed by atoms with Crippen LogP contribution in [0, 0.1) is 0 Å². The topological polar surface area (TPSA) is 56.0 Å². The highest BCUT2D eigenvalue weighted by Crippen LogP contribution is 2.06. The van der Waals surface area contributed by atoms with Gasteiger partial charge in [0.25, 0.3) is 0 Å². The molecule has 0 aliphatic rings. The number of rotatable bonds is 2. The molecule has 0 radical (unpaired) electrons. The fraction of sp³-hybridized carbons (Fsp3) is 0.286. The monoisotopic (exact) mass is 170 g/mol. The van der Waals surface area contributed by atoms with Gasteiger partial charge in [0.2, 0.25) is 0 Å². The predicted molar refractivity (Wildman–Crippen MR) is 45.6 cm³/mol. The number of hydrogen-bond acceptors (Lipinski definition) is 3. The lowest BCUT2D eigenvalue weighted by Crippen LogP contribution is -1.98. The van der Waals surface area contributed by atoms with Gasteiger partial charge in [-0.3, -0.25) is 4.21 Å². The lowest BCUT2D eigenvalue weighted by atomic mass is 10.4. The minimum Gasteiger partial charge on any atom is -0.399 e. The Balaban J connectivity index is 2.96. The molecule has 2 N–H and O–H groups in total. The number of nitrogens with zero attached hydrogens (tertiary/aromatic N) is 1. The average molecular weight is 170 g/mol. The van der Waals surface area contributed by atoms with Crippen LogP contribution in [0.25, 0.3) is 0 Å². The van der Waals surface area contributed by atoms with Crippen molar-refractivity contribution >= 4 is 16.5 Å². The van der Waals surface area contributed by atoms with Crippen LogP contribution in [0.15, 0.2) is 23.4 Å². The second-order valence-electron chi connectivity index (χ2n) is 2.06. The SMILES string of the molecule is CC[S@@](=O)c1cc(N)ccn1. The quantitative estimate of drug-likeness (QED) is 0.714. The highest BCUT2D eigenvalue weighted by molar-refractivity contribution is 7.84. The van der Waals surface area contributed by atoms with Crippen molar-refractivity contribution in [3.63, 3.8) is 0 Å². The van der Waals surface area contributed by atoms with Crippen molar-refractivity contribution in [3.05, 3.63) is 18.3 Å². The Morgan fingerprint density at radius 2 is 2.45 bits per heavy atom. The van der Waals surface area contributed by atoms with Gasteiger partial charge in [-0.05, 0) is 12.1 Å². The maximum absolute atomic E-state index is 11.2. The van der Waals surface area contributed by atoms with E-state index >= 15 is 0 Å². The normalized spacial score (nSPS) is 12.8. The van der Waals surface area contributed by atoms with Gasteiger partial charge < -0.3 is 5.73 Å². The zero-order valence-electron chi connectivity index (χ0n) is 6.28. The molecule has 1 aromatic heterocycles. The Morgan fingerprint density at radius 3 is 3.00 bits per heavy atom. The molecule has 1 heterocycles. The van der Waals surface area contributed by atoms with Gasteiger partial charge in [0, 0.05) is 17.6 Å². The van der Waals surface area contributed by atoms with Crippen LogP contribution in [-0.4, -0.2) is 14.9 Å². The summed E-state index contributed by atoms with van der Waals surface area (Å²) in [5.74, 6) is 0.580. The van der Waals surface area contributed by atoms with Crippen LogP contribution in [0.2, 0.25) is 0 Å². The van der Waals surface area contributed by atoms with Crippen LogP contribution < -0.4 is 5.73 Å². The van der Waals surface area contributed by atoms with E-state index in [4.69, 9.17) is 5.73 Å². The first-order chi connectivity index (χ1) is 5.24. The first-order valence-corrected chi connectivity index (χ1v) is 4.66. The maximum Gasteiger partial charge on any atom is 0.129 e. The van der Waals surface area contributed by atoms with E-state index < -0.39 is 10.8 Å². The van der Waals surface area contributed by atoms with Gasteiger partial charge in [0.15, 0.2) is 0 Å². The molecule has 0 aliphatic heterocycles. The van der Waals surface area contributed by atoms with Gasteiger partial charge in [0.1, 0.15) is 5.03 Å². The molecule has 60 valence electrons. The molecule has 11 heavy (non-hydrogen) atoms. The second-order valence-corrected chi connectivity index (χ2v) is 3.75. The molecule has 0 saturated carbocycles. The van der Waals surface area contributed by atoms with Crippen LogP contribution in [0.5, 0.6) is 0 Å². The predicted octanol–water partition coefficient (Wildman–Crippen LogP) is 0.791. The van der Waals surface area contributed by atoms with Gasteiger partial charge in [0.05, 0.1) is 10.8 Å². The van der Waals surface area contributed by atoms with E-state index in [9.17, 15) is 4.21 Å². The van der Waals surface area contributed by atoms with Gasteiger partial charge in [-0.25, -0.2) is 4.98 Å². The fourth-order valence-electron chi connectivity index (χ4n) is 0.697. The third-order valence-corrected chi connectivity index (χ3v) is 2.47. The molecule has 1 aromatic rings. The van der Waals surface area contributed by atoms with Crippen molar-refractivity contribution in [2.75, 3.05) is 11.5 Å². The number of hydrogen-bond donors (Lipinski definition) is 1. The second kappa shape index (κ2) is 3.48. The number of nitrogens with two attached hydrogens (primary N) is 1. The van der Waals surface area contributed by atoms with Crippen molar-refractivity contribution < 1.29 is 4.21 Å². The van der Waals surface area contributed by atoms with Crippen LogP contribution in [0.3, 0.4) is 0 Å². The van der Waals surface area contributed by atoms with Gasteiger partial charge in [-0.15, -0.1) is 0 Å². The first-order valence-electron chi connectivity index (χ1n) is 3.34. The van der Waals surface area contributed by atoms with Crippen molar-refractivity contribution in [2.45, 2.75) is 11.9 Å². The van der Waals surface area contributed by atoms with Gasteiger partial charge in [-0.2, -0.15) is 0 Å².